The van der Waals surface area contributed by atoms with E-state index >= 15 is 0 Å². The molecular formula is C10H7BrFN. The molecule has 0 N–H and O–H groups in total. The molecule has 1 aromatic heterocycles. The number of halogens is 2. The normalized spacial score (nSPS) is 10.6. The van der Waals surface area contributed by atoms with Gasteiger partial charge in [-0.15, -0.1) is 0 Å². The number of pyridine rings is 1. The molecule has 1 nitrogen and oxygen atoms in total. The lowest BCUT2D eigenvalue weighted by Crippen LogP contribution is -1.86. The van der Waals surface area contributed by atoms with Crippen LogP contribution in [0, 0.1) is 5.82 Å². The van der Waals surface area contributed by atoms with Crippen molar-refractivity contribution >= 4 is 26.7 Å². The van der Waals surface area contributed by atoms with Crippen molar-refractivity contribution in [2.45, 2.75) is 5.33 Å². The van der Waals surface area contributed by atoms with E-state index in [1.807, 2.05) is 6.07 Å². The summed E-state index contributed by atoms with van der Waals surface area (Å²) >= 11 is 3.36. The zero-order valence-electron chi connectivity index (χ0n) is 6.80. The monoisotopic (exact) mass is 239 g/mol. The molecule has 3 heteroatoms. The van der Waals surface area contributed by atoms with Crippen LogP contribution in [-0.2, 0) is 5.33 Å². The highest BCUT2D eigenvalue weighted by Crippen LogP contribution is 2.22. The lowest BCUT2D eigenvalue weighted by Gasteiger charge is -2.02. The highest BCUT2D eigenvalue weighted by atomic mass is 79.9. The van der Waals surface area contributed by atoms with E-state index < -0.39 is 0 Å². The largest absolute Gasteiger partial charge is 0.264 e. The highest BCUT2D eigenvalue weighted by molar-refractivity contribution is 9.08. The maximum Gasteiger partial charge on any atom is 0.132 e. The Labute approximate surface area is 83.7 Å². The summed E-state index contributed by atoms with van der Waals surface area (Å²) in [4.78, 5) is 3.89. The molecule has 0 saturated carbocycles. The average molecular weight is 240 g/mol. The van der Waals surface area contributed by atoms with E-state index in [4.69, 9.17) is 0 Å². The smallest absolute Gasteiger partial charge is 0.132 e. The van der Waals surface area contributed by atoms with Gasteiger partial charge in [0.05, 0.1) is 0 Å². The van der Waals surface area contributed by atoms with Crippen molar-refractivity contribution in [3.63, 3.8) is 0 Å². The SMILES string of the molecule is Fc1ccc(CBr)c2ccncc12. The van der Waals surface area contributed by atoms with Crippen molar-refractivity contribution in [1.29, 1.82) is 0 Å². The van der Waals surface area contributed by atoms with Crippen LogP contribution in [0.2, 0.25) is 0 Å². The molecule has 1 aromatic carbocycles. The fraction of sp³-hybridized carbons (Fsp3) is 0.100. The Morgan fingerprint density at radius 3 is 2.85 bits per heavy atom. The third-order valence-corrected chi connectivity index (χ3v) is 2.60. The van der Waals surface area contributed by atoms with Gasteiger partial charge >= 0.3 is 0 Å². The van der Waals surface area contributed by atoms with Crippen molar-refractivity contribution in [2.75, 3.05) is 0 Å². The van der Waals surface area contributed by atoms with Crippen molar-refractivity contribution in [3.05, 3.63) is 42.0 Å². The van der Waals surface area contributed by atoms with E-state index in [0.717, 1.165) is 16.3 Å². The van der Waals surface area contributed by atoms with Gasteiger partial charge in [-0.05, 0) is 23.1 Å². The predicted molar refractivity (Wildman–Crippen MR) is 54.3 cm³/mol. The van der Waals surface area contributed by atoms with Crippen molar-refractivity contribution in [3.8, 4) is 0 Å². The van der Waals surface area contributed by atoms with Crippen molar-refractivity contribution in [2.24, 2.45) is 0 Å². The second kappa shape index (κ2) is 3.42. The van der Waals surface area contributed by atoms with Crippen LogP contribution in [-0.4, -0.2) is 4.98 Å². The summed E-state index contributed by atoms with van der Waals surface area (Å²) in [5.41, 5.74) is 1.08. The number of hydrogen-bond acceptors (Lipinski definition) is 1. The van der Waals surface area contributed by atoms with Crippen molar-refractivity contribution in [1.82, 2.24) is 4.98 Å². The summed E-state index contributed by atoms with van der Waals surface area (Å²) in [7, 11) is 0. The molecular weight excluding hydrogens is 233 g/mol. The van der Waals surface area contributed by atoms with Gasteiger partial charge in [0.2, 0.25) is 0 Å². The highest BCUT2D eigenvalue weighted by Gasteiger charge is 2.03. The number of hydrogen-bond donors (Lipinski definition) is 0. The standard InChI is InChI=1S/C10H7BrFN/c11-5-7-1-2-10(12)9-6-13-4-3-8(7)9/h1-4,6H,5H2. The van der Waals surface area contributed by atoms with Crippen LogP contribution in [0.5, 0.6) is 0 Å². The number of aromatic nitrogens is 1. The van der Waals surface area contributed by atoms with Gasteiger partial charge < -0.3 is 0 Å². The number of alkyl halides is 1. The molecule has 0 aliphatic heterocycles. The molecule has 2 aromatic rings. The predicted octanol–water partition coefficient (Wildman–Crippen LogP) is 3.27. The maximum absolute atomic E-state index is 13.2. The van der Waals surface area contributed by atoms with Gasteiger partial charge in [-0.25, -0.2) is 4.39 Å². The molecule has 1 heterocycles. The molecule has 0 radical (unpaired) electrons. The summed E-state index contributed by atoms with van der Waals surface area (Å²) in [6.45, 7) is 0. The number of nitrogens with zero attached hydrogens (tertiary/aromatic N) is 1. The minimum atomic E-state index is -0.215. The van der Waals surface area contributed by atoms with Gasteiger partial charge in [0, 0.05) is 23.1 Å². The van der Waals surface area contributed by atoms with Crippen LogP contribution in [0.3, 0.4) is 0 Å². The second-order valence-corrected chi connectivity index (χ2v) is 3.32. The minimum Gasteiger partial charge on any atom is -0.264 e. The van der Waals surface area contributed by atoms with E-state index in [2.05, 4.69) is 20.9 Å². The number of fused-ring (bicyclic) bond motifs is 1. The second-order valence-electron chi connectivity index (χ2n) is 2.76. The Hall–Kier alpha value is -0.960. The molecule has 0 fully saturated rings. The van der Waals surface area contributed by atoms with E-state index in [-0.39, 0.29) is 5.82 Å². The van der Waals surface area contributed by atoms with E-state index in [9.17, 15) is 4.39 Å². The van der Waals surface area contributed by atoms with E-state index in [0.29, 0.717) is 5.39 Å². The zero-order chi connectivity index (χ0) is 9.26. The molecule has 0 aliphatic rings. The Morgan fingerprint density at radius 2 is 2.08 bits per heavy atom. The third kappa shape index (κ3) is 1.44. The average Bonchev–Trinajstić information content (AvgIpc) is 2.19. The molecule has 0 saturated heterocycles. The van der Waals surface area contributed by atoms with Crippen LogP contribution in [0.1, 0.15) is 5.56 Å². The quantitative estimate of drug-likeness (QED) is 0.697. The van der Waals surface area contributed by atoms with Gasteiger partial charge in [0.1, 0.15) is 5.82 Å². The molecule has 0 amide bonds. The van der Waals surface area contributed by atoms with E-state index in [1.54, 1.807) is 18.5 Å². The van der Waals surface area contributed by atoms with Gasteiger partial charge in [-0.2, -0.15) is 0 Å². The summed E-state index contributed by atoms with van der Waals surface area (Å²) in [5.74, 6) is -0.215. The van der Waals surface area contributed by atoms with Gasteiger partial charge in [-0.1, -0.05) is 22.0 Å². The first kappa shape index (κ1) is 8.63. The lowest BCUT2D eigenvalue weighted by atomic mass is 10.1. The number of benzene rings is 1. The van der Waals surface area contributed by atoms with Gasteiger partial charge in [-0.3, -0.25) is 4.98 Å². The molecule has 0 spiro atoms. The van der Waals surface area contributed by atoms with Crippen LogP contribution >= 0.6 is 15.9 Å². The molecule has 0 unspecified atom stereocenters. The first-order valence-corrected chi connectivity index (χ1v) is 5.02. The lowest BCUT2D eigenvalue weighted by molar-refractivity contribution is 0.639. The summed E-state index contributed by atoms with van der Waals surface area (Å²) in [6.07, 6.45) is 3.23. The Bertz CT molecular complexity index is 442. The first-order valence-electron chi connectivity index (χ1n) is 3.90. The number of rotatable bonds is 1. The minimum absolute atomic E-state index is 0.215. The Balaban J connectivity index is 2.84. The van der Waals surface area contributed by atoms with Gasteiger partial charge in [0.25, 0.3) is 0 Å². The fourth-order valence-corrected chi connectivity index (χ4v) is 1.82. The van der Waals surface area contributed by atoms with Crippen LogP contribution < -0.4 is 0 Å². The van der Waals surface area contributed by atoms with Crippen molar-refractivity contribution < 1.29 is 4.39 Å². The van der Waals surface area contributed by atoms with Crippen LogP contribution in [0.4, 0.5) is 4.39 Å². The molecule has 0 bridgehead atoms. The van der Waals surface area contributed by atoms with Crippen LogP contribution in [0.25, 0.3) is 10.8 Å². The summed E-state index contributed by atoms with van der Waals surface area (Å²) < 4.78 is 13.2. The molecule has 66 valence electrons. The summed E-state index contributed by atoms with van der Waals surface area (Å²) in [5, 5.41) is 2.24. The molecule has 0 aliphatic carbocycles. The Morgan fingerprint density at radius 1 is 1.23 bits per heavy atom. The molecule has 13 heavy (non-hydrogen) atoms. The van der Waals surface area contributed by atoms with Crippen LogP contribution in [0.15, 0.2) is 30.6 Å². The van der Waals surface area contributed by atoms with E-state index in [1.165, 1.54) is 6.07 Å². The Kier molecular flexibility index (Phi) is 2.27. The molecule has 0 atom stereocenters. The topological polar surface area (TPSA) is 12.9 Å². The third-order valence-electron chi connectivity index (χ3n) is 2.00. The zero-order valence-corrected chi connectivity index (χ0v) is 8.38. The van der Waals surface area contributed by atoms with Gasteiger partial charge in [0.15, 0.2) is 0 Å². The summed E-state index contributed by atoms with van der Waals surface area (Å²) in [6, 6.07) is 5.09. The molecule has 2 rings (SSSR count). The maximum atomic E-state index is 13.2. The fourth-order valence-electron chi connectivity index (χ4n) is 1.33. The first-order chi connectivity index (χ1) is 6.33.